The summed E-state index contributed by atoms with van der Waals surface area (Å²) in [5.41, 5.74) is 0.548. The normalized spacial score (nSPS) is 12.6. The van der Waals surface area contributed by atoms with Gasteiger partial charge in [-0.1, -0.05) is 24.9 Å². The second kappa shape index (κ2) is 6.15. The highest BCUT2D eigenvalue weighted by atomic mass is 35.5. The van der Waals surface area contributed by atoms with E-state index in [0.717, 1.165) is 19.4 Å². The van der Waals surface area contributed by atoms with Gasteiger partial charge in [-0.25, -0.2) is 0 Å². The van der Waals surface area contributed by atoms with Crippen LogP contribution in [0.4, 0.5) is 0 Å². The molecule has 0 fully saturated rings. The lowest BCUT2D eigenvalue weighted by Gasteiger charge is -2.20. The quantitative estimate of drug-likeness (QED) is 0.832. The topological polar surface area (TPSA) is 38.8 Å². The number of unbranched alkanes of at least 4 members (excludes halogenated alkanes) is 1. The van der Waals surface area contributed by atoms with Gasteiger partial charge in [-0.15, -0.1) is 0 Å². The SMILES string of the molecule is CCCCN(CC)C(=O)c1cc(Cl)c2c(c1)OCO2. The molecule has 0 aromatic heterocycles. The van der Waals surface area contributed by atoms with Crippen molar-refractivity contribution in [3.8, 4) is 11.5 Å². The maximum Gasteiger partial charge on any atom is 0.254 e. The minimum atomic E-state index is -0.0175. The van der Waals surface area contributed by atoms with Gasteiger partial charge in [0.05, 0.1) is 5.02 Å². The minimum absolute atomic E-state index is 0.0175. The Morgan fingerprint density at radius 2 is 2.16 bits per heavy atom. The Balaban J connectivity index is 2.21. The second-order valence-corrected chi connectivity index (χ2v) is 4.84. The van der Waals surface area contributed by atoms with E-state index in [1.54, 1.807) is 12.1 Å². The van der Waals surface area contributed by atoms with Crippen molar-refractivity contribution in [2.75, 3.05) is 19.9 Å². The fraction of sp³-hybridized carbons (Fsp3) is 0.500. The van der Waals surface area contributed by atoms with E-state index in [2.05, 4.69) is 6.92 Å². The van der Waals surface area contributed by atoms with Crippen LogP contribution >= 0.6 is 11.6 Å². The van der Waals surface area contributed by atoms with Gasteiger partial charge in [0.25, 0.3) is 5.91 Å². The standard InChI is InChI=1S/C14H18ClNO3/c1-3-5-6-16(4-2)14(17)10-7-11(15)13-12(8-10)18-9-19-13/h7-8H,3-6,9H2,1-2H3. The maximum atomic E-state index is 12.4. The smallest absolute Gasteiger partial charge is 0.254 e. The van der Waals surface area contributed by atoms with Crippen LogP contribution in [-0.4, -0.2) is 30.7 Å². The first-order valence-corrected chi connectivity index (χ1v) is 6.93. The third kappa shape index (κ3) is 2.95. The molecule has 104 valence electrons. The zero-order valence-corrected chi connectivity index (χ0v) is 12.0. The summed E-state index contributed by atoms with van der Waals surface area (Å²) in [6.07, 6.45) is 2.06. The van der Waals surface area contributed by atoms with E-state index < -0.39 is 0 Å². The number of rotatable bonds is 5. The monoisotopic (exact) mass is 283 g/mol. The molecule has 1 amide bonds. The summed E-state index contributed by atoms with van der Waals surface area (Å²) in [5, 5.41) is 0.421. The molecular weight excluding hydrogens is 266 g/mol. The lowest BCUT2D eigenvalue weighted by atomic mass is 10.1. The molecule has 0 bridgehead atoms. The first kappa shape index (κ1) is 14.0. The van der Waals surface area contributed by atoms with Crippen LogP contribution in [0, 0.1) is 0 Å². The van der Waals surface area contributed by atoms with Crippen LogP contribution in [0.3, 0.4) is 0 Å². The molecule has 1 heterocycles. The third-order valence-electron chi connectivity index (χ3n) is 3.12. The average Bonchev–Trinajstić information content (AvgIpc) is 2.88. The molecule has 1 aliphatic heterocycles. The summed E-state index contributed by atoms with van der Waals surface area (Å²) >= 11 is 6.10. The molecule has 1 aromatic carbocycles. The molecule has 0 aliphatic carbocycles. The van der Waals surface area contributed by atoms with Gasteiger partial charge in [0, 0.05) is 18.7 Å². The number of carbonyl (C=O) groups excluding carboxylic acids is 1. The molecule has 1 aromatic rings. The zero-order valence-electron chi connectivity index (χ0n) is 11.2. The van der Waals surface area contributed by atoms with Gasteiger partial charge in [-0.05, 0) is 25.5 Å². The van der Waals surface area contributed by atoms with Crippen LogP contribution in [0.25, 0.3) is 0 Å². The Morgan fingerprint density at radius 1 is 1.37 bits per heavy atom. The summed E-state index contributed by atoms with van der Waals surface area (Å²) in [7, 11) is 0. The van der Waals surface area contributed by atoms with E-state index in [0.29, 0.717) is 28.6 Å². The number of ether oxygens (including phenoxy) is 2. The van der Waals surface area contributed by atoms with Gasteiger partial charge in [-0.3, -0.25) is 4.79 Å². The number of fused-ring (bicyclic) bond motifs is 1. The molecule has 2 rings (SSSR count). The van der Waals surface area contributed by atoms with E-state index in [1.165, 1.54) is 0 Å². The molecule has 0 saturated carbocycles. The first-order valence-electron chi connectivity index (χ1n) is 6.55. The fourth-order valence-corrected chi connectivity index (χ4v) is 2.29. The van der Waals surface area contributed by atoms with Crippen molar-refractivity contribution >= 4 is 17.5 Å². The minimum Gasteiger partial charge on any atom is -0.454 e. The number of hydrogen-bond acceptors (Lipinski definition) is 3. The summed E-state index contributed by atoms with van der Waals surface area (Å²) in [6.45, 7) is 5.68. The van der Waals surface area contributed by atoms with Gasteiger partial charge >= 0.3 is 0 Å². The lowest BCUT2D eigenvalue weighted by Crippen LogP contribution is -2.31. The molecular formula is C14H18ClNO3. The first-order chi connectivity index (χ1) is 9.17. The number of amides is 1. The Labute approximate surface area is 118 Å². The van der Waals surface area contributed by atoms with E-state index in [-0.39, 0.29) is 12.7 Å². The van der Waals surface area contributed by atoms with Crippen LogP contribution in [0.1, 0.15) is 37.0 Å². The van der Waals surface area contributed by atoms with Gasteiger partial charge < -0.3 is 14.4 Å². The van der Waals surface area contributed by atoms with E-state index in [1.807, 2.05) is 11.8 Å². The fourth-order valence-electron chi connectivity index (χ4n) is 2.03. The van der Waals surface area contributed by atoms with Crippen LogP contribution in [-0.2, 0) is 0 Å². The largest absolute Gasteiger partial charge is 0.454 e. The summed E-state index contributed by atoms with van der Waals surface area (Å²) in [6, 6.07) is 3.34. The molecule has 0 spiro atoms. The van der Waals surface area contributed by atoms with Crippen LogP contribution in [0.5, 0.6) is 11.5 Å². The average molecular weight is 284 g/mol. The third-order valence-corrected chi connectivity index (χ3v) is 3.41. The van der Waals surface area contributed by atoms with E-state index >= 15 is 0 Å². The number of nitrogens with zero attached hydrogens (tertiary/aromatic N) is 1. The predicted octanol–water partition coefficient (Wildman–Crippen LogP) is 3.33. The molecule has 5 heteroatoms. The molecule has 0 saturated heterocycles. The van der Waals surface area contributed by atoms with E-state index in [9.17, 15) is 4.79 Å². The highest BCUT2D eigenvalue weighted by Crippen LogP contribution is 2.40. The van der Waals surface area contributed by atoms with Crippen molar-refractivity contribution < 1.29 is 14.3 Å². The van der Waals surface area contributed by atoms with Gasteiger partial charge in [0.1, 0.15) is 0 Å². The van der Waals surface area contributed by atoms with E-state index in [4.69, 9.17) is 21.1 Å². The Bertz CT molecular complexity index is 476. The molecule has 0 unspecified atom stereocenters. The number of carbonyl (C=O) groups is 1. The highest BCUT2D eigenvalue weighted by molar-refractivity contribution is 6.32. The van der Waals surface area contributed by atoms with Crippen molar-refractivity contribution in [1.29, 1.82) is 0 Å². The molecule has 19 heavy (non-hydrogen) atoms. The van der Waals surface area contributed by atoms with Crippen LogP contribution in [0.15, 0.2) is 12.1 Å². The molecule has 4 nitrogen and oxygen atoms in total. The van der Waals surface area contributed by atoms with Crippen molar-refractivity contribution in [3.05, 3.63) is 22.7 Å². The Hall–Kier alpha value is -1.42. The van der Waals surface area contributed by atoms with Gasteiger partial charge in [-0.2, -0.15) is 0 Å². The zero-order chi connectivity index (χ0) is 13.8. The molecule has 0 N–H and O–H groups in total. The van der Waals surface area contributed by atoms with Gasteiger partial charge in [0.2, 0.25) is 6.79 Å². The van der Waals surface area contributed by atoms with Crippen molar-refractivity contribution in [2.24, 2.45) is 0 Å². The number of hydrogen-bond donors (Lipinski definition) is 0. The summed E-state index contributed by atoms with van der Waals surface area (Å²) < 4.78 is 10.5. The lowest BCUT2D eigenvalue weighted by molar-refractivity contribution is 0.0762. The summed E-state index contributed by atoms with van der Waals surface area (Å²) in [5.74, 6) is 1.05. The second-order valence-electron chi connectivity index (χ2n) is 4.43. The number of halogens is 1. The number of benzene rings is 1. The van der Waals surface area contributed by atoms with Crippen molar-refractivity contribution in [1.82, 2.24) is 4.90 Å². The van der Waals surface area contributed by atoms with Gasteiger partial charge in [0.15, 0.2) is 11.5 Å². The Kier molecular flexibility index (Phi) is 4.53. The van der Waals surface area contributed by atoms with Crippen LogP contribution < -0.4 is 9.47 Å². The maximum absolute atomic E-state index is 12.4. The summed E-state index contributed by atoms with van der Waals surface area (Å²) in [4.78, 5) is 14.2. The van der Waals surface area contributed by atoms with Crippen LogP contribution in [0.2, 0.25) is 5.02 Å². The highest BCUT2D eigenvalue weighted by Gasteiger charge is 2.22. The predicted molar refractivity (Wildman–Crippen MR) is 74.1 cm³/mol. The molecule has 1 aliphatic rings. The molecule has 0 radical (unpaired) electrons. The van der Waals surface area contributed by atoms with Crippen molar-refractivity contribution in [3.63, 3.8) is 0 Å². The van der Waals surface area contributed by atoms with Crippen molar-refractivity contribution in [2.45, 2.75) is 26.7 Å². The Morgan fingerprint density at radius 3 is 2.84 bits per heavy atom. The molecule has 0 atom stereocenters.